The minimum absolute atomic E-state index is 0.113. The third-order valence-corrected chi connectivity index (χ3v) is 5.39. The average molecular weight is 391 g/mol. The molecule has 2 aromatic rings. The molecule has 0 spiro atoms. The number of piperazine rings is 1. The first-order valence-corrected chi connectivity index (χ1v) is 9.64. The summed E-state index contributed by atoms with van der Waals surface area (Å²) < 4.78 is 5.32. The van der Waals surface area contributed by atoms with Crippen molar-refractivity contribution in [3.63, 3.8) is 0 Å². The first-order chi connectivity index (χ1) is 13.1. The van der Waals surface area contributed by atoms with Crippen LogP contribution in [-0.2, 0) is 13.1 Å². The molecule has 1 aliphatic heterocycles. The van der Waals surface area contributed by atoms with E-state index in [1.807, 2.05) is 24.3 Å². The lowest BCUT2D eigenvalue weighted by molar-refractivity contribution is 0.0499. The molecule has 0 saturated carbocycles. The van der Waals surface area contributed by atoms with Crippen LogP contribution in [0, 0.1) is 0 Å². The quantitative estimate of drug-likeness (QED) is 0.760. The van der Waals surface area contributed by atoms with Crippen molar-refractivity contribution in [3.05, 3.63) is 58.6 Å². The largest absolute Gasteiger partial charge is 0.506 e. The van der Waals surface area contributed by atoms with Crippen LogP contribution in [0.3, 0.4) is 0 Å². The predicted octanol–water partition coefficient (Wildman–Crippen LogP) is 3.12. The molecule has 0 amide bonds. The zero-order valence-electron chi connectivity index (χ0n) is 15.6. The molecule has 27 heavy (non-hydrogen) atoms. The second kappa shape index (κ2) is 9.42. The van der Waals surface area contributed by atoms with Gasteiger partial charge in [0.25, 0.3) is 0 Å². The Labute approximate surface area is 165 Å². The first-order valence-electron chi connectivity index (χ1n) is 9.26. The van der Waals surface area contributed by atoms with Crippen LogP contribution in [0.5, 0.6) is 11.5 Å². The molecule has 0 unspecified atom stereocenters. The molecule has 6 heteroatoms. The third kappa shape index (κ3) is 5.36. The second-order valence-corrected chi connectivity index (χ2v) is 7.42. The van der Waals surface area contributed by atoms with E-state index in [4.69, 9.17) is 16.3 Å². The number of aromatic hydroxyl groups is 1. The molecule has 2 aromatic carbocycles. The van der Waals surface area contributed by atoms with Gasteiger partial charge >= 0.3 is 0 Å². The number of benzene rings is 2. The number of aliphatic hydroxyl groups excluding tert-OH is 1. The van der Waals surface area contributed by atoms with Crippen molar-refractivity contribution in [2.75, 3.05) is 33.4 Å². The van der Waals surface area contributed by atoms with Crippen molar-refractivity contribution in [2.45, 2.75) is 25.6 Å². The number of methoxy groups -OCH3 is 1. The molecule has 1 aliphatic rings. The first kappa shape index (κ1) is 20.0. The zero-order valence-corrected chi connectivity index (χ0v) is 16.4. The minimum atomic E-state index is 0.113. The maximum absolute atomic E-state index is 9.58. The number of halogens is 1. The number of aliphatic hydroxyl groups is 1. The van der Waals surface area contributed by atoms with Crippen LogP contribution < -0.4 is 4.74 Å². The molecular formula is C21H27ClN2O3. The Bertz CT molecular complexity index is 756. The molecule has 2 N–H and O–H groups in total. The summed E-state index contributed by atoms with van der Waals surface area (Å²) in [4.78, 5) is 4.82. The molecule has 5 nitrogen and oxygen atoms in total. The fourth-order valence-electron chi connectivity index (χ4n) is 3.64. The number of phenolic OH excluding ortho intramolecular Hbond substituents is 1. The zero-order chi connectivity index (χ0) is 19.2. The highest BCUT2D eigenvalue weighted by molar-refractivity contribution is 6.32. The fourth-order valence-corrected chi connectivity index (χ4v) is 3.85. The van der Waals surface area contributed by atoms with Gasteiger partial charge in [0.2, 0.25) is 0 Å². The van der Waals surface area contributed by atoms with Crippen molar-refractivity contribution in [2.24, 2.45) is 0 Å². The molecule has 0 bridgehead atoms. The lowest BCUT2D eigenvalue weighted by atomic mass is 10.1. The van der Waals surface area contributed by atoms with Gasteiger partial charge in [0.1, 0.15) is 11.5 Å². The topological polar surface area (TPSA) is 56.2 Å². The van der Waals surface area contributed by atoms with E-state index in [9.17, 15) is 10.2 Å². The molecule has 3 rings (SSSR count). The molecule has 146 valence electrons. The third-order valence-electron chi connectivity index (χ3n) is 5.09. The van der Waals surface area contributed by atoms with E-state index in [-0.39, 0.29) is 12.4 Å². The lowest BCUT2D eigenvalue weighted by Crippen LogP contribution is -2.52. The van der Waals surface area contributed by atoms with Crippen LogP contribution >= 0.6 is 11.6 Å². The summed E-state index contributed by atoms with van der Waals surface area (Å²) in [6.07, 6.45) is 0.747. The summed E-state index contributed by atoms with van der Waals surface area (Å²) >= 11 is 6.03. The van der Waals surface area contributed by atoms with Crippen LogP contribution in [0.1, 0.15) is 17.5 Å². The molecule has 1 fully saturated rings. The second-order valence-electron chi connectivity index (χ2n) is 7.01. The van der Waals surface area contributed by atoms with E-state index in [0.29, 0.717) is 11.1 Å². The number of hydrogen-bond donors (Lipinski definition) is 2. The van der Waals surface area contributed by atoms with Gasteiger partial charge in [-0.1, -0.05) is 29.8 Å². The maximum Gasteiger partial charge on any atom is 0.134 e. The van der Waals surface area contributed by atoms with Crippen LogP contribution in [0.25, 0.3) is 0 Å². The van der Waals surface area contributed by atoms with Crippen LogP contribution in [0.4, 0.5) is 0 Å². The molecule has 0 aliphatic carbocycles. The summed E-state index contributed by atoms with van der Waals surface area (Å²) in [5, 5.41) is 19.5. The van der Waals surface area contributed by atoms with E-state index in [2.05, 4.69) is 21.9 Å². The molecule has 1 atom stereocenters. The monoisotopic (exact) mass is 390 g/mol. The Morgan fingerprint density at radius 3 is 2.67 bits per heavy atom. The highest BCUT2D eigenvalue weighted by Crippen LogP contribution is 2.25. The highest BCUT2D eigenvalue weighted by Gasteiger charge is 2.26. The Morgan fingerprint density at radius 1 is 1.11 bits per heavy atom. The van der Waals surface area contributed by atoms with Crippen LogP contribution in [0.2, 0.25) is 5.02 Å². The molecule has 0 aromatic heterocycles. The number of nitrogens with zero attached hydrogens (tertiary/aromatic N) is 2. The number of hydrogen-bond acceptors (Lipinski definition) is 5. The number of ether oxygens (including phenoxy) is 1. The van der Waals surface area contributed by atoms with Gasteiger partial charge in [-0.3, -0.25) is 9.80 Å². The number of phenols is 1. The Kier molecular flexibility index (Phi) is 6.96. The molecular weight excluding hydrogens is 364 g/mol. The van der Waals surface area contributed by atoms with Gasteiger partial charge in [-0.2, -0.15) is 0 Å². The molecule has 1 heterocycles. The van der Waals surface area contributed by atoms with E-state index < -0.39 is 0 Å². The lowest BCUT2D eigenvalue weighted by Gasteiger charge is -2.41. The summed E-state index contributed by atoms with van der Waals surface area (Å²) in [6, 6.07) is 13.8. The van der Waals surface area contributed by atoms with E-state index in [1.165, 1.54) is 5.56 Å². The standard InChI is InChI=1S/C21H27ClN2O3/c1-27-19-4-2-3-16(11-19)14-24-9-8-23(15-18(24)7-10-25)13-17-5-6-21(26)20(22)12-17/h2-6,11-12,18,25-26H,7-10,13-15H2,1H3/t18-/m0/s1. The summed E-state index contributed by atoms with van der Waals surface area (Å²) in [6.45, 7) is 4.59. The fraction of sp³-hybridized carbons (Fsp3) is 0.429. The van der Waals surface area contributed by atoms with Crippen LogP contribution in [-0.4, -0.2) is 59.4 Å². The summed E-state index contributed by atoms with van der Waals surface area (Å²) in [7, 11) is 1.68. The van der Waals surface area contributed by atoms with Gasteiger partial charge in [-0.05, 0) is 41.8 Å². The Morgan fingerprint density at radius 2 is 1.93 bits per heavy atom. The van der Waals surface area contributed by atoms with Gasteiger partial charge in [-0.15, -0.1) is 0 Å². The van der Waals surface area contributed by atoms with E-state index in [1.54, 1.807) is 13.2 Å². The van der Waals surface area contributed by atoms with Crippen molar-refractivity contribution in [1.82, 2.24) is 9.80 Å². The van der Waals surface area contributed by atoms with Gasteiger partial charge in [0.15, 0.2) is 0 Å². The van der Waals surface area contributed by atoms with Gasteiger partial charge in [0, 0.05) is 45.4 Å². The van der Waals surface area contributed by atoms with Gasteiger partial charge < -0.3 is 14.9 Å². The predicted molar refractivity (Wildman–Crippen MR) is 107 cm³/mol. The SMILES string of the molecule is COc1cccc(CN2CCN(Cc3ccc(O)c(Cl)c3)C[C@@H]2CCO)c1. The Hall–Kier alpha value is -1.79. The van der Waals surface area contributed by atoms with Crippen molar-refractivity contribution in [1.29, 1.82) is 0 Å². The van der Waals surface area contributed by atoms with Gasteiger partial charge in [-0.25, -0.2) is 0 Å². The smallest absolute Gasteiger partial charge is 0.134 e. The average Bonchev–Trinajstić information content (AvgIpc) is 2.67. The summed E-state index contributed by atoms with van der Waals surface area (Å²) in [5.41, 5.74) is 2.30. The van der Waals surface area contributed by atoms with Crippen molar-refractivity contribution < 1.29 is 14.9 Å². The number of rotatable bonds is 7. The van der Waals surface area contributed by atoms with Crippen molar-refractivity contribution in [3.8, 4) is 11.5 Å². The van der Waals surface area contributed by atoms with E-state index >= 15 is 0 Å². The van der Waals surface area contributed by atoms with E-state index in [0.717, 1.165) is 50.5 Å². The normalized spacial score (nSPS) is 18.6. The minimum Gasteiger partial charge on any atom is -0.506 e. The molecule has 0 radical (unpaired) electrons. The molecule has 1 saturated heterocycles. The Balaban J connectivity index is 1.64. The summed E-state index contributed by atoms with van der Waals surface area (Å²) in [5.74, 6) is 0.982. The highest BCUT2D eigenvalue weighted by atomic mass is 35.5. The van der Waals surface area contributed by atoms with Crippen molar-refractivity contribution >= 4 is 11.6 Å². The maximum atomic E-state index is 9.58. The van der Waals surface area contributed by atoms with Gasteiger partial charge in [0.05, 0.1) is 12.1 Å². The van der Waals surface area contributed by atoms with Crippen LogP contribution in [0.15, 0.2) is 42.5 Å².